The summed E-state index contributed by atoms with van der Waals surface area (Å²) in [5, 5.41) is 3.06. The van der Waals surface area contributed by atoms with Crippen molar-refractivity contribution in [3.63, 3.8) is 0 Å². The van der Waals surface area contributed by atoms with Crippen LogP contribution in [0.3, 0.4) is 0 Å². The second-order valence-corrected chi connectivity index (χ2v) is 6.88. The summed E-state index contributed by atoms with van der Waals surface area (Å²) >= 11 is 0. The fourth-order valence-electron chi connectivity index (χ4n) is 4.03. The number of amides is 2. The number of nitrogens with zero attached hydrogens (tertiary/aromatic N) is 3. The molecule has 1 N–H and O–H groups in total. The number of likely N-dealkylation sites (N-methyl/N-ethyl adjacent to an activating group) is 2. The molecule has 0 aromatic heterocycles. The Morgan fingerprint density at radius 1 is 1.26 bits per heavy atom. The Balaban J connectivity index is 1.57. The predicted molar refractivity (Wildman–Crippen MR) is 86.0 cm³/mol. The molecule has 0 saturated carbocycles. The number of morpholine rings is 1. The highest BCUT2D eigenvalue weighted by Crippen LogP contribution is 2.26. The lowest BCUT2D eigenvalue weighted by atomic mass is 10.0. The van der Waals surface area contributed by atoms with Gasteiger partial charge in [-0.25, -0.2) is 0 Å². The van der Waals surface area contributed by atoms with Crippen molar-refractivity contribution >= 4 is 11.8 Å². The molecule has 3 aliphatic rings. The van der Waals surface area contributed by atoms with Crippen molar-refractivity contribution in [3.8, 4) is 0 Å². The van der Waals surface area contributed by atoms with Gasteiger partial charge in [0.15, 0.2) is 0 Å². The van der Waals surface area contributed by atoms with Crippen LogP contribution in [0.25, 0.3) is 0 Å². The van der Waals surface area contributed by atoms with Crippen LogP contribution in [-0.2, 0) is 14.3 Å². The van der Waals surface area contributed by atoms with Gasteiger partial charge in [-0.2, -0.15) is 0 Å². The molecule has 3 fully saturated rings. The minimum atomic E-state index is -0.0556. The van der Waals surface area contributed by atoms with Crippen LogP contribution in [0, 0.1) is 0 Å². The quantitative estimate of drug-likeness (QED) is 0.731. The Morgan fingerprint density at radius 3 is 2.74 bits per heavy atom. The molecule has 2 amide bonds. The summed E-state index contributed by atoms with van der Waals surface area (Å²) in [5.74, 6) is 0.334. The van der Waals surface area contributed by atoms with Gasteiger partial charge in [0.1, 0.15) is 6.04 Å². The van der Waals surface area contributed by atoms with E-state index in [1.165, 1.54) is 0 Å². The molecule has 3 atom stereocenters. The minimum absolute atomic E-state index is 0.0556. The van der Waals surface area contributed by atoms with E-state index in [4.69, 9.17) is 4.74 Å². The second-order valence-electron chi connectivity index (χ2n) is 6.88. The number of rotatable bonds is 3. The predicted octanol–water partition coefficient (Wildman–Crippen LogP) is -0.872. The maximum absolute atomic E-state index is 12.3. The molecule has 0 spiro atoms. The minimum Gasteiger partial charge on any atom is -0.378 e. The third-order valence-corrected chi connectivity index (χ3v) is 5.55. The van der Waals surface area contributed by atoms with Crippen LogP contribution in [0.5, 0.6) is 0 Å². The van der Waals surface area contributed by atoms with Crippen molar-refractivity contribution in [2.45, 2.75) is 37.4 Å². The van der Waals surface area contributed by atoms with E-state index in [1.807, 2.05) is 11.9 Å². The topological polar surface area (TPSA) is 65.1 Å². The van der Waals surface area contributed by atoms with E-state index in [9.17, 15) is 9.59 Å². The number of hydrogen-bond acceptors (Lipinski definition) is 5. The second kappa shape index (κ2) is 7.15. The number of carbonyl (C=O) groups excluding carboxylic acids is 2. The molecule has 0 bridgehead atoms. The summed E-state index contributed by atoms with van der Waals surface area (Å²) in [7, 11) is 4.11. The van der Waals surface area contributed by atoms with Gasteiger partial charge in [-0.1, -0.05) is 0 Å². The van der Waals surface area contributed by atoms with E-state index in [2.05, 4.69) is 22.2 Å². The molecule has 3 heterocycles. The highest BCUT2D eigenvalue weighted by atomic mass is 16.5. The fourth-order valence-corrected chi connectivity index (χ4v) is 4.03. The van der Waals surface area contributed by atoms with Crippen LogP contribution in [0.4, 0.5) is 0 Å². The third-order valence-electron chi connectivity index (χ3n) is 5.55. The van der Waals surface area contributed by atoms with Gasteiger partial charge in [-0.05, 0) is 26.9 Å². The van der Waals surface area contributed by atoms with Crippen molar-refractivity contribution < 1.29 is 14.3 Å². The summed E-state index contributed by atoms with van der Waals surface area (Å²) in [6.07, 6.45) is 2.34. The van der Waals surface area contributed by atoms with Crippen LogP contribution in [0.2, 0.25) is 0 Å². The molecule has 0 aromatic carbocycles. The Bertz CT molecular complexity index is 453. The monoisotopic (exact) mass is 324 g/mol. The molecule has 0 aromatic rings. The van der Waals surface area contributed by atoms with E-state index in [0.717, 1.165) is 19.4 Å². The highest BCUT2D eigenvalue weighted by Gasteiger charge is 2.43. The Hall–Kier alpha value is -1.18. The van der Waals surface area contributed by atoms with Crippen LogP contribution in [0.15, 0.2) is 0 Å². The molecule has 3 rings (SSSR count). The van der Waals surface area contributed by atoms with Crippen molar-refractivity contribution in [1.29, 1.82) is 0 Å². The Kier molecular flexibility index (Phi) is 5.18. The van der Waals surface area contributed by atoms with Gasteiger partial charge in [0.2, 0.25) is 11.8 Å². The van der Waals surface area contributed by atoms with Crippen LogP contribution < -0.4 is 5.32 Å². The molecule has 7 heteroatoms. The zero-order valence-corrected chi connectivity index (χ0v) is 14.2. The number of nitrogens with one attached hydrogen (secondary N) is 1. The van der Waals surface area contributed by atoms with Crippen molar-refractivity contribution in [2.75, 3.05) is 53.5 Å². The van der Waals surface area contributed by atoms with Crippen molar-refractivity contribution in [1.82, 2.24) is 20.0 Å². The van der Waals surface area contributed by atoms with E-state index < -0.39 is 0 Å². The third kappa shape index (κ3) is 3.51. The smallest absolute Gasteiger partial charge is 0.239 e. The summed E-state index contributed by atoms with van der Waals surface area (Å²) in [5.41, 5.74) is 0. The highest BCUT2D eigenvalue weighted by molar-refractivity contribution is 5.83. The van der Waals surface area contributed by atoms with Gasteiger partial charge in [0.25, 0.3) is 0 Å². The molecule has 3 aliphatic heterocycles. The maximum Gasteiger partial charge on any atom is 0.239 e. The van der Waals surface area contributed by atoms with Gasteiger partial charge < -0.3 is 15.0 Å². The molecular formula is C16H28N4O3. The Labute approximate surface area is 137 Å². The first-order valence-corrected chi connectivity index (χ1v) is 8.63. The number of likely N-dealkylation sites (tertiary alicyclic amines) is 1. The van der Waals surface area contributed by atoms with Gasteiger partial charge in [0.05, 0.1) is 13.2 Å². The van der Waals surface area contributed by atoms with E-state index in [-0.39, 0.29) is 29.9 Å². The fraction of sp³-hybridized carbons (Fsp3) is 0.875. The van der Waals surface area contributed by atoms with Crippen LogP contribution in [-0.4, -0.2) is 98.1 Å². The molecule has 130 valence electrons. The van der Waals surface area contributed by atoms with Crippen LogP contribution in [0.1, 0.15) is 19.3 Å². The maximum atomic E-state index is 12.3. The van der Waals surface area contributed by atoms with E-state index in [1.54, 1.807) is 0 Å². The average Bonchev–Trinajstić information content (AvgIpc) is 2.91. The van der Waals surface area contributed by atoms with Crippen LogP contribution >= 0.6 is 0 Å². The summed E-state index contributed by atoms with van der Waals surface area (Å²) in [4.78, 5) is 31.0. The summed E-state index contributed by atoms with van der Waals surface area (Å²) < 4.78 is 5.29. The zero-order chi connectivity index (χ0) is 16.4. The first kappa shape index (κ1) is 16.7. The molecule has 0 aliphatic carbocycles. The molecule has 23 heavy (non-hydrogen) atoms. The van der Waals surface area contributed by atoms with E-state index >= 15 is 0 Å². The lowest BCUT2D eigenvalue weighted by Gasteiger charge is -2.33. The van der Waals surface area contributed by atoms with Gasteiger partial charge >= 0.3 is 0 Å². The van der Waals surface area contributed by atoms with Crippen molar-refractivity contribution in [3.05, 3.63) is 0 Å². The first-order chi connectivity index (χ1) is 11.1. The lowest BCUT2D eigenvalue weighted by Crippen LogP contribution is -2.48. The molecule has 0 radical (unpaired) electrons. The SMILES string of the molecule is CN1CCC2C1C(=O)NCC(CCC(=O)N1CCOCC1)N2C. The van der Waals surface area contributed by atoms with E-state index in [0.29, 0.717) is 39.3 Å². The zero-order valence-electron chi connectivity index (χ0n) is 14.2. The summed E-state index contributed by atoms with van der Waals surface area (Å²) in [6.45, 7) is 4.26. The molecule has 3 saturated heterocycles. The normalized spacial score (nSPS) is 33.2. The number of hydrogen-bond donors (Lipinski definition) is 1. The Morgan fingerprint density at radius 2 is 2.00 bits per heavy atom. The van der Waals surface area contributed by atoms with Crippen molar-refractivity contribution in [2.24, 2.45) is 0 Å². The standard InChI is InChI=1S/C16H28N4O3/c1-18-6-5-13-15(18)16(22)17-11-12(19(13)2)3-4-14(21)20-7-9-23-10-8-20/h12-13,15H,3-11H2,1-2H3,(H,17,22). The first-order valence-electron chi connectivity index (χ1n) is 8.63. The largest absolute Gasteiger partial charge is 0.378 e. The number of ether oxygens (including phenoxy) is 1. The molecular weight excluding hydrogens is 296 g/mol. The molecule has 3 unspecified atom stereocenters. The summed E-state index contributed by atoms with van der Waals surface area (Å²) in [6, 6.07) is 0.427. The average molecular weight is 324 g/mol. The van der Waals surface area contributed by atoms with Gasteiger partial charge in [-0.15, -0.1) is 0 Å². The van der Waals surface area contributed by atoms with Gasteiger partial charge in [-0.3, -0.25) is 19.4 Å². The van der Waals surface area contributed by atoms with Gasteiger partial charge in [0, 0.05) is 44.7 Å². The number of carbonyl (C=O) groups is 2. The molecule has 7 nitrogen and oxygen atoms in total. The number of fused-ring (bicyclic) bond motifs is 1. The lowest BCUT2D eigenvalue weighted by molar-refractivity contribution is -0.135.